The number of carbonyl (C=O) groups is 1. The molecule has 0 radical (unpaired) electrons. The van der Waals surface area contributed by atoms with Crippen molar-refractivity contribution in [2.75, 3.05) is 31.1 Å². The summed E-state index contributed by atoms with van der Waals surface area (Å²) in [6.45, 7) is 4.50. The number of hydrogen-bond donors (Lipinski definition) is 2. The van der Waals surface area contributed by atoms with E-state index in [1.54, 1.807) is 0 Å². The molecule has 4 nitrogen and oxygen atoms in total. The lowest BCUT2D eigenvalue weighted by atomic mass is 9.92. The zero-order chi connectivity index (χ0) is 13.0. The van der Waals surface area contributed by atoms with Crippen molar-refractivity contribution < 1.29 is 9.90 Å². The molecule has 2 heterocycles. The zero-order valence-corrected chi connectivity index (χ0v) is 13.1. The van der Waals surface area contributed by atoms with E-state index in [1.165, 1.54) is 0 Å². The van der Waals surface area contributed by atoms with Crippen LogP contribution in [0.15, 0.2) is 0 Å². The minimum absolute atomic E-state index is 0. The third-order valence-electron chi connectivity index (χ3n) is 3.99. The summed E-state index contributed by atoms with van der Waals surface area (Å²) >= 11 is 1.93. The molecular weight excluding hydrogens is 284 g/mol. The van der Waals surface area contributed by atoms with Crippen LogP contribution < -0.4 is 5.32 Å². The Bertz CT molecular complexity index is 278. The number of likely N-dealkylation sites (tertiary alicyclic amines) is 1. The number of aliphatic hydroxyl groups is 1. The van der Waals surface area contributed by atoms with E-state index in [4.69, 9.17) is 0 Å². The summed E-state index contributed by atoms with van der Waals surface area (Å²) in [4.78, 5) is 14.1. The molecule has 0 aliphatic carbocycles. The number of carbonyl (C=O) groups excluding carboxylic acids is 1. The second-order valence-corrected chi connectivity index (χ2v) is 6.54. The molecule has 0 aromatic carbocycles. The predicted molar refractivity (Wildman–Crippen MR) is 82.0 cm³/mol. The maximum absolute atomic E-state index is 12.2. The Morgan fingerprint density at radius 2 is 2.16 bits per heavy atom. The van der Waals surface area contributed by atoms with Gasteiger partial charge >= 0.3 is 0 Å². The Labute approximate surface area is 126 Å². The van der Waals surface area contributed by atoms with Gasteiger partial charge in [-0.15, -0.1) is 12.4 Å². The molecule has 2 rings (SSSR count). The summed E-state index contributed by atoms with van der Waals surface area (Å²) in [5, 5.41) is 13.0. The van der Waals surface area contributed by atoms with Gasteiger partial charge < -0.3 is 15.3 Å². The molecule has 0 bridgehead atoms. The van der Waals surface area contributed by atoms with Gasteiger partial charge in [0, 0.05) is 43.6 Å². The quantitative estimate of drug-likeness (QED) is 0.820. The number of thioether (sulfide) groups is 1. The number of nitrogens with one attached hydrogen (secondary N) is 1. The normalized spacial score (nSPS) is 26.6. The molecule has 0 saturated carbocycles. The second kappa shape index (κ2) is 8.35. The molecule has 2 aliphatic heterocycles. The fourth-order valence-electron chi connectivity index (χ4n) is 2.72. The number of amides is 1. The Morgan fingerprint density at radius 3 is 2.68 bits per heavy atom. The van der Waals surface area contributed by atoms with Crippen LogP contribution in [0.1, 0.15) is 26.2 Å². The lowest BCUT2D eigenvalue weighted by molar-refractivity contribution is -0.133. The van der Waals surface area contributed by atoms with Crippen molar-refractivity contribution in [3.05, 3.63) is 0 Å². The highest BCUT2D eigenvalue weighted by Crippen LogP contribution is 2.21. The van der Waals surface area contributed by atoms with Crippen molar-refractivity contribution >= 4 is 30.1 Å². The maximum Gasteiger partial charge on any atom is 0.224 e. The summed E-state index contributed by atoms with van der Waals surface area (Å²) in [6.07, 6.45) is 2.28. The van der Waals surface area contributed by atoms with E-state index in [0.717, 1.165) is 44.0 Å². The number of piperidine rings is 1. The lowest BCUT2D eigenvalue weighted by Crippen LogP contribution is -2.45. The topological polar surface area (TPSA) is 52.6 Å². The fraction of sp³-hybridized carbons (Fsp3) is 0.923. The summed E-state index contributed by atoms with van der Waals surface area (Å²) in [5.74, 6) is 2.86. The van der Waals surface area contributed by atoms with E-state index in [1.807, 2.05) is 23.6 Å². The molecule has 112 valence electrons. The molecule has 0 aromatic rings. The Balaban J connectivity index is 0.00000180. The highest BCUT2D eigenvalue weighted by Gasteiger charge is 2.27. The van der Waals surface area contributed by atoms with Crippen LogP contribution >= 0.6 is 24.2 Å². The first kappa shape index (κ1) is 17.1. The zero-order valence-electron chi connectivity index (χ0n) is 11.5. The van der Waals surface area contributed by atoms with E-state index in [9.17, 15) is 9.90 Å². The maximum atomic E-state index is 12.2. The van der Waals surface area contributed by atoms with Crippen molar-refractivity contribution in [1.82, 2.24) is 10.2 Å². The first-order valence-electron chi connectivity index (χ1n) is 6.94. The predicted octanol–water partition coefficient (Wildman–Crippen LogP) is 1.12. The molecule has 2 unspecified atom stereocenters. The second-order valence-electron chi connectivity index (χ2n) is 5.39. The van der Waals surface area contributed by atoms with Crippen LogP contribution in [0.4, 0.5) is 0 Å². The number of nitrogens with zero attached hydrogens (tertiary/aromatic N) is 1. The molecule has 6 heteroatoms. The highest BCUT2D eigenvalue weighted by molar-refractivity contribution is 7.99. The van der Waals surface area contributed by atoms with Gasteiger partial charge in [-0.1, -0.05) is 0 Å². The van der Waals surface area contributed by atoms with Crippen molar-refractivity contribution in [3.63, 3.8) is 0 Å². The summed E-state index contributed by atoms with van der Waals surface area (Å²) in [6, 6.07) is 0.353. The van der Waals surface area contributed by atoms with Gasteiger partial charge in [-0.2, -0.15) is 11.8 Å². The van der Waals surface area contributed by atoms with E-state index in [2.05, 4.69) is 5.32 Å². The molecule has 0 aromatic heterocycles. The fourth-order valence-corrected chi connectivity index (χ4v) is 3.67. The summed E-state index contributed by atoms with van der Waals surface area (Å²) in [7, 11) is 0. The van der Waals surface area contributed by atoms with Gasteiger partial charge in [-0.05, 0) is 25.7 Å². The molecule has 19 heavy (non-hydrogen) atoms. The molecule has 2 fully saturated rings. The number of halogens is 1. The number of hydrogen-bond acceptors (Lipinski definition) is 4. The molecule has 2 atom stereocenters. The molecule has 1 amide bonds. The van der Waals surface area contributed by atoms with Crippen LogP contribution in [0, 0.1) is 5.92 Å². The smallest absolute Gasteiger partial charge is 0.224 e. The van der Waals surface area contributed by atoms with Gasteiger partial charge in [0.05, 0.1) is 6.10 Å². The van der Waals surface area contributed by atoms with E-state index >= 15 is 0 Å². The Morgan fingerprint density at radius 1 is 1.47 bits per heavy atom. The summed E-state index contributed by atoms with van der Waals surface area (Å²) in [5.41, 5.74) is 0. The van der Waals surface area contributed by atoms with E-state index < -0.39 is 0 Å². The van der Waals surface area contributed by atoms with E-state index in [-0.39, 0.29) is 24.4 Å². The third kappa shape index (κ3) is 5.14. The SMILES string of the molecule is CC(O)C1CCN(C(=O)CC2CSCCN2)CC1.Cl. The Kier molecular flexibility index (Phi) is 7.50. The molecular formula is C13H25ClN2O2S. The standard InChI is InChI=1S/C13H24N2O2S.ClH/c1-10(16)11-2-5-15(6-3-11)13(17)8-12-9-18-7-4-14-12;/h10-12,14,16H,2-9H2,1H3;1H. The van der Waals surface area contributed by atoms with Gasteiger partial charge in [0.15, 0.2) is 0 Å². The van der Waals surface area contributed by atoms with Gasteiger partial charge in [-0.3, -0.25) is 4.79 Å². The number of aliphatic hydroxyl groups excluding tert-OH is 1. The van der Waals surface area contributed by atoms with Crippen molar-refractivity contribution in [2.45, 2.75) is 38.3 Å². The lowest BCUT2D eigenvalue weighted by Gasteiger charge is -2.34. The van der Waals surface area contributed by atoms with Crippen molar-refractivity contribution in [1.29, 1.82) is 0 Å². The van der Waals surface area contributed by atoms with Crippen molar-refractivity contribution in [2.24, 2.45) is 5.92 Å². The van der Waals surface area contributed by atoms with Gasteiger partial charge in [0.2, 0.25) is 5.91 Å². The summed E-state index contributed by atoms with van der Waals surface area (Å²) < 4.78 is 0. The van der Waals surface area contributed by atoms with Crippen LogP contribution in [-0.2, 0) is 4.79 Å². The van der Waals surface area contributed by atoms with Gasteiger partial charge in [0.1, 0.15) is 0 Å². The van der Waals surface area contributed by atoms with Gasteiger partial charge in [-0.25, -0.2) is 0 Å². The monoisotopic (exact) mass is 308 g/mol. The highest BCUT2D eigenvalue weighted by atomic mass is 35.5. The minimum Gasteiger partial charge on any atom is -0.393 e. The first-order chi connectivity index (χ1) is 8.66. The van der Waals surface area contributed by atoms with Gasteiger partial charge in [0.25, 0.3) is 0 Å². The minimum atomic E-state index is -0.237. The van der Waals surface area contributed by atoms with Crippen LogP contribution in [0.5, 0.6) is 0 Å². The average Bonchev–Trinajstić information content (AvgIpc) is 2.40. The van der Waals surface area contributed by atoms with Crippen molar-refractivity contribution in [3.8, 4) is 0 Å². The van der Waals surface area contributed by atoms with Crippen LogP contribution in [0.2, 0.25) is 0 Å². The van der Waals surface area contributed by atoms with Crippen LogP contribution in [-0.4, -0.2) is 59.2 Å². The van der Waals surface area contributed by atoms with Crippen LogP contribution in [0.25, 0.3) is 0 Å². The van der Waals surface area contributed by atoms with E-state index in [0.29, 0.717) is 18.4 Å². The number of rotatable bonds is 3. The molecule has 2 saturated heterocycles. The largest absolute Gasteiger partial charge is 0.393 e. The molecule has 2 N–H and O–H groups in total. The average molecular weight is 309 g/mol. The van der Waals surface area contributed by atoms with Crippen LogP contribution in [0.3, 0.4) is 0 Å². The first-order valence-corrected chi connectivity index (χ1v) is 8.09. The molecule has 2 aliphatic rings. The third-order valence-corrected chi connectivity index (χ3v) is 5.12. The Hall–Kier alpha value is 0.0300. The molecule has 0 spiro atoms.